The zero-order valence-corrected chi connectivity index (χ0v) is 20.0. The van der Waals surface area contributed by atoms with E-state index in [4.69, 9.17) is 14.5 Å². The minimum atomic E-state index is -0.825. The molecule has 182 valence electrons. The van der Waals surface area contributed by atoms with E-state index in [0.29, 0.717) is 17.5 Å². The molecule has 4 aromatic rings. The molecule has 1 atom stereocenters. The first kappa shape index (κ1) is 24.2. The molecule has 1 heterocycles. The predicted molar refractivity (Wildman–Crippen MR) is 134 cm³/mol. The van der Waals surface area contributed by atoms with Gasteiger partial charge in [-0.2, -0.15) is 0 Å². The average Bonchev–Trinajstić information content (AvgIpc) is 3.18. The van der Waals surface area contributed by atoms with Crippen molar-refractivity contribution in [2.24, 2.45) is 0 Å². The van der Waals surface area contributed by atoms with Crippen LogP contribution < -0.4 is 9.47 Å². The van der Waals surface area contributed by atoms with E-state index in [0.717, 1.165) is 16.8 Å². The van der Waals surface area contributed by atoms with Gasteiger partial charge in [-0.1, -0.05) is 32.0 Å². The number of aryl methyl sites for hydroxylation is 1. The van der Waals surface area contributed by atoms with Crippen LogP contribution in [-0.4, -0.2) is 32.3 Å². The van der Waals surface area contributed by atoms with Crippen molar-refractivity contribution in [1.29, 1.82) is 0 Å². The van der Waals surface area contributed by atoms with Gasteiger partial charge >= 0.3 is 0 Å². The second-order valence-corrected chi connectivity index (χ2v) is 8.80. The number of ether oxygens (including phenoxy) is 2. The van der Waals surface area contributed by atoms with E-state index in [2.05, 4.69) is 26.8 Å². The second kappa shape index (κ2) is 10.6. The van der Waals surface area contributed by atoms with E-state index >= 15 is 0 Å². The number of imidazole rings is 1. The fraction of sp³-hybridized carbons (Fsp3) is 0.296. The molecule has 0 radical (unpaired) electrons. The lowest BCUT2D eigenvalue weighted by atomic mass is 9.98. The lowest BCUT2D eigenvalue weighted by molar-refractivity contribution is -0.384. The lowest BCUT2D eigenvalue weighted by Crippen LogP contribution is -2.25. The Bertz CT molecular complexity index is 1310. The molecule has 0 amide bonds. The van der Waals surface area contributed by atoms with Crippen LogP contribution in [0.2, 0.25) is 0 Å². The Morgan fingerprint density at radius 1 is 1.03 bits per heavy atom. The molecule has 0 fully saturated rings. The fourth-order valence-corrected chi connectivity index (χ4v) is 4.09. The molecule has 8 nitrogen and oxygen atoms in total. The molecule has 0 spiro atoms. The lowest BCUT2D eigenvalue weighted by Gasteiger charge is -2.16. The predicted octanol–water partition coefficient (Wildman–Crippen LogP) is 5.40. The maximum Gasteiger partial charge on any atom is 0.269 e. The molecule has 0 aliphatic carbocycles. The largest absolute Gasteiger partial charge is 0.491 e. The number of aromatic nitrogens is 2. The van der Waals surface area contributed by atoms with Crippen LogP contribution in [0.1, 0.15) is 36.7 Å². The smallest absolute Gasteiger partial charge is 0.269 e. The summed E-state index contributed by atoms with van der Waals surface area (Å²) in [6, 6.07) is 19.6. The Morgan fingerprint density at radius 2 is 1.74 bits per heavy atom. The molecule has 1 aromatic heterocycles. The fourth-order valence-electron chi connectivity index (χ4n) is 4.09. The molecule has 8 heteroatoms. The Balaban J connectivity index is 1.46. The van der Waals surface area contributed by atoms with Crippen molar-refractivity contribution in [2.45, 2.75) is 45.9 Å². The van der Waals surface area contributed by atoms with Gasteiger partial charge in [-0.05, 0) is 60.4 Å². The zero-order chi connectivity index (χ0) is 24.9. The van der Waals surface area contributed by atoms with Crippen LogP contribution in [-0.2, 0) is 13.2 Å². The molecule has 35 heavy (non-hydrogen) atoms. The number of rotatable bonds is 10. The normalized spacial score (nSPS) is 12.1. The average molecular weight is 476 g/mol. The van der Waals surface area contributed by atoms with Gasteiger partial charge in [0.15, 0.2) is 0 Å². The number of aliphatic hydroxyl groups is 1. The summed E-state index contributed by atoms with van der Waals surface area (Å²) in [5.74, 6) is 2.37. The highest BCUT2D eigenvalue weighted by Crippen LogP contribution is 2.25. The summed E-state index contributed by atoms with van der Waals surface area (Å²) >= 11 is 0. The number of nitrogens with zero attached hydrogens (tertiary/aromatic N) is 3. The molecule has 0 aliphatic heterocycles. The van der Waals surface area contributed by atoms with Crippen LogP contribution in [0.3, 0.4) is 0 Å². The van der Waals surface area contributed by atoms with Crippen molar-refractivity contribution < 1.29 is 19.5 Å². The topological polar surface area (TPSA) is 99.7 Å². The van der Waals surface area contributed by atoms with E-state index < -0.39 is 11.0 Å². The van der Waals surface area contributed by atoms with Gasteiger partial charge in [0.1, 0.15) is 36.6 Å². The number of benzene rings is 3. The first-order chi connectivity index (χ1) is 16.8. The van der Waals surface area contributed by atoms with Crippen molar-refractivity contribution in [3.63, 3.8) is 0 Å². The quantitative estimate of drug-likeness (QED) is 0.244. The monoisotopic (exact) mass is 475 g/mol. The Hall–Kier alpha value is -3.91. The summed E-state index contributed by atoms with van der Waals surface area (Å²) in [4.78, 5) is 15.1. The number of nitro benzene ring substituents is 1. The minimum absolute atomic E-state index is 0.0125. The third-order valence-electron chi connectivity index (χ3n) is 5.85. The highest BCUT2D eigenvalue weighted by molar-refractivity contribution is 5.75. The van der Waals surface area contributed by atoms with Crippen molar-refractivity contribution in [3.8, 4) is 11.5 Å². The Labute approximate surface area is 203 Å². The van der Waals surface area contributed by atoms with Crippen molar-refractivity contribution in [3.05, 3.63) is 93.8 Å². The molecular weight excluding hydrogens is 446 g/mol. The van der Waals surface area contributed by atoms with Crippen molar-refractivity contribution in [2.75, 3.05) is 6.61 Å². The van der Waals surface area contributed by atoms with Gasteiger partial charge in [0.25, 0.3) is 5.69 Å². The maximum atomic E-state index is 10.8. The van der Waals surface area contributed by atoms with Gasteiger partial charge in [0, 0.05) is 12.1 Å². The van der Waals surface area contributed by atoms with Crippen LogP contribution in [0.15, 0.2) is 66.7 Å². The molecule has 4 rings (SSSR count). The summed E-state index contributed by atoms with van der Waals surface area (Å²) in [5, 5.41) is 21.5. The SMILES string of the molecule is Cc1cc(OCc2nc3ccccc3n2CC(O)COc2ccc([N+](=O)[O-])cc2)ccc1C(C)C. The van der Waals surface area contributed by atoms with Crippen LogP contribution in [0.5, 0.6) is 11.5 Å². The van der Waals surface area contributed by atoms with Crippen LogP contribution in [0.25, 0.3) is 11.0 Å². The number of hydrogen-bond acceptors (Lipinski definition) is 6. The first-order valence-corrected chi connectivity index (χ1v) is 11.5. The summed E-state index contributed by atoms with van der Waals surface area (Å²) < 4.78 is 13.6. The van der Waals surface area contributed by atoms with E-state index in [1.165, 1.54) is 35.4 Å². The molecule has 1 unspecified atom stereocenters. The number of hydrogen-bond donors (Lipinski definition) is 1. The second-order valence-electron chi connectivity index (χ2n) is 8.80. The van der Waals surface area contributed by atoms with Crippen LogP contribution in [0.4, 0.5) is 5.69 Å². The van der Waals surface area contributed by atoms with Gasteiger partial charge in [-0.15, -0.1) is 0 Å². The number of aliphatic hydroxyl groups excluding tert-OH is 1. The number of fused-ring (bicyclic) bond motifs is 1. The van der Waals surface area contributed by atoms with Crippen molar-refractivity contribution >= 4 is 16.7 Å². The van der Waals surface area contributed by atoms with E-state index in [1.54, 1.807) is 0 Å². The van der Waals surface area contributed by atoms with Gasteiger partial charge in [0.05, 0.1) is 22.5 Å². The standard InChI is InChI=1S/C27H29N3O5/c1-18(2)24-13-12-23(14-19(24)3)35-17-27-28-25-6-4-5-7-26(25)29(27)15-21(31)16-34-22-10-8-20(9-11-22)30(32)33/h4-14,18,21,31H,15-17H2,1-3H3. The van der Waals surface area contributed by atoms with Gasteiger partial charge in [-0.25, -0.2) is 4.98 Å². The molecule has 0 saturated heterocycles. The highest BCUT2D eigenvalue weighted by Gasteiger charge is 2.16. The molecule has 0 bridgehead atoms. The van der Waals surface area contributed by atoms with Crippen LogP contribution in [0, 0.1) is 17.0 Å². The van der Waals surface area contributed by atoms with E-state index in [1.807, 2.05) is 41.0 Å². The summed E-state index contributed by atoms with van der Waals surface area (Å²) in [6.07, 6.45) is -0.825. The number of non-ortho nitro benzene ring substituents is 1. The third-order valence-corrected chi connectivity index (χ3v) is 5.85. The summed E-state index contributed by atoms with van der Waals surface area (Å²) in [5.41, 5.74) is 4.18. The van der Waals surface area contributed by atoms with Gasteiger partial charge in [0.2, 0.25) is 0 Å². The van der Waals surface area contributed by atoms with E-state index in [9.17, 15) is 15.2 Å². The van der Waals surface area contributed by atoms with Gasteiger partial charge < -0.3 is 19.1 Å². The van der Waals surface area contributed by atoms with Crippen LogP contribution >= 0.6 is 0 Å². The van der Waals surface area contributed by atoms with Crippen molar-refractivity contribution in [1.82, 2.24) is 9.55 Å². The highest BCUT2D eigenvalue weighted by atomic mass is 16.6. The molecular formula is C27H29N3O5. The molecule has 1 N–H and O–H groups in total. The summed E-state index contributed by atoms with van der Waals surface area (Å²) in [7, 11) is 0. The Morgan fingerprint density at radius 3 is 2.43 bits per heavy atom. The maximum absolute atomic E-state index is 10.8. The number of nitro groups is 1. The summed E-state index contributed by atoms with van der Waals surface area (Å²) in [6.45, 7) is 6.96. The van der Waals surface area contributed by atoms with E-state index in [-0.39, 0.29) is 25.4 Å². The third kappa shape index (κ3) is 5.78. The molecule has 0 aliphatic rings. The molecule has 0 saturated carbocycles. The zero-order valence-electron chi connectivity index (χ0n) is 20.0. The Kier molecular flexibility index (Phi) is 7.31. The minimum Gasteiger partial charge on any atom is -0.491 e. The first-order valence-electron chi connectivity index (χ1n) is 11.5. The van der Waals surface area contributed by atoms with Gasteiger partial charge in [-0.3, -0.25) is 10.1 Å². The molecule has 3 aromatic carbocycles. The number of para-hydroxylation sites is 2.